The smallest absolute Gasteiger partial charge is 0.183 e. The molecule has 2 aromatic rings. The number of anilines is 1. The summed E-state index contributed by atoms with van der Waals surface area (Å²) in [6.07, 6.45) is 12.6. The number of fused-ring (bicyclic) bond motifs is 1. The molecular formula is C14H18N6. The zero-order valence-corrected chi connectivity index (χ0v) is 11.7. The maximum atomic E-state index is 4.51. The van der Waals surface area contributed by atoms with E-state index < -0.39 is 0 Å². The molecule has 1 aliphatic heterocycles. The Morgan fingerprint density at radius 3 is 2.85 bits per heavy atom. The Morgan fingerprint density at radius 2 is 2.00 bits per heavy atom. The average molecular weight is 270 g/mol. The molecule has 1 aliphatic carbocycles. The Hall–Kier alpha value is -1.98. The van der Waals surface area contributed by atoms with Crippen LogP contribution < -0.4 is 4.90 Å². The fourth-order valence-corrected chi connectivity index (χ4v) is 3.59. The molecule has 0 atom stereocenters. The molecule has 4 rings (SSSR count). The summed E-state index contributed by atoms with van der Waals surface area (Å²) in [7, 11) is 1.87. The largest absolute Gasteiger partial charge is 0.342 e. The quantitative estimate of drug-likeness (QED) is 0.740. The third kappa shape index (κ3) is 1.57. The van der Waals surface area contributed by atoms with E-state index in [2.05, 4.69) is 37.3 Å². The molecule has 104 valence electrons. The normalized spacial score (nSPS) is 21.1. The average Bonchev–Trinajstić information content (AvgIpc) is 3.05. The van der Waals surface area contributed by atoms with Gasteiger partial charge in [0, 0.05) is 13.6 Å². The SMILES string of the molecule is Cn1nnc2c(N3CC=CC34CCCCC4)ncnc21. The Morgan fingerprint density at radius 1 is 1.15 bits per heavy atom. The van der Waals surface area contributed by atoms with Crippen molar-refractivity contribution in [2.75, 3.05) is 11.4 Å². The Labute approximate surface area is 117 Å². The highest BCUT2D eigenvalue weighted by Gasteiger charge is 2.40. The summed E-state index contributed by atoms with van der Waals surface area (Å²) in [4.78, 5) is 11.2. The molecule has 6 nitrogen and oxygen atoms in total. The minimum atomic E-state index is 0.136. The molecule has 1 spiro atoms. The lowest BCUT2D eigenvalue weighted by atomic mass is 9.81. The number of rotatable bonds is 1. The van der Waals surface area contributed by atoms with Crippen LogP contribution in [0.3, 0.4) is 0 Å². The number of hydrogen-bond acceptors (Lipinski definition) is 5. The van der Waals surface area contributed by atoms with Crippen molar-refractivity contribution < 1.29 is 0 Å². The van der Waals surface area contributed by atoms with Crippen molar-refractivity contribution >= 4 is 17.0 Å². The van der Waals surface area contributed by atoms with Crippen LogP contribution in [0, 0.1) is 0 Å². The van der Waals surface area contributed by atoms with Crippen LogP contribution in [-0.2, 0) is 7.05 Å². The summed E-state index contributed by atoms with van der Waals surface area (Å²) in [5.41, 5.74) is 1.74. The summed E-state index contributed by atoms with van der Waals surface area (Å²) in [6.45, 7) is 0.905. The van der Waals surface area contributed by atoms with E-state index in [-0.39, 0.29) is 5.54 Å². The van der Waals surface area contributed by atoms with Gasteiger partial charge in [-0.1, -0.05) is 36.6 Å². The first-order valence-corrected chi connectivity index (χ1v) is 7.26. The van der Waals surface area contributed by atoms with Gasteiger partial charge in [-0.25, -0.2) is 14.6 Å². The van der Waals surface area contributed by atoms with Crippen LogP contribution in [0.5, 0.6) is 0 Å². The number of aromatic nitrogens is 5. The molecule has 1 fully saturated rings. The van der Waals surface area contributed by atoms with Gasteiger partial charge < -0.3 is 4.90 Å². The lowest BCUT2D eigenvalue weighted by Gasteiger charge is -2.41. The van der Waals surface area contributed by atoms with Crippen molar-refractivity contribution in [2.45, 2.75) is 37.6 Å². The molecular weight excluding hydrogens is 252 g/mol. The first-order valence-electron chi connectivity index (χ1n) is 7.26. The third-order valence-electron chi connectivity index (χ3n) is 4.60. The van der Waals surface area contributed by atoms with Crippen molar-refractivity contribution in [3.63, 3.8) is 0 Å². The molecule has 0 bridgehead atoms. The molecule has 6 heteroatoms. The second-order valence-electron chi connectivity index (χ2n) is 5.76. The lowest BCUT2D eigenvalue weighted by molar-refractivity contribution is 0.349. The second-order valence-corrected chi connectivity index (χ2v) is 5.76. The van der Waals surface area contributed by atoms with Gasteiger partial charge >= 0.3 is 0 Å². The van der Waals surface area contributed by atoms with Gasteiger partial charge in [0.1, 0.15) is 6.33 Å². The molecule has 0 radical (unpaired) electrons. The molecule has 2 aliphatic rings. The van der Waals surface area contributed by atoms with Crippen molar-refractivity contribution in [3.05, 3.63) is 18.5 Å². The van der Waals surface area contributed by atoms with E-state index in [0.29, 0.717) is 0 Å². The maximum absolute atomic E-state index is 4.51. The van der Waals surface area contributed by atoms with Gasteiger partial charge in [-0.3, -0.25) is 0 Å². The van der Waals surface area contributed by atoms with E-state index in [4.69, 9.17) is 0 Å². The van der Waals surface area contributed by atoms with Gasteiger partial charge in [0.25, 0.3) is 0 Å². The fourth-order valence-electron chi connectivity index (χ4n) is 3.59. The number of nitrogens with zero attached hydrogens (tertiary/aromatic N) is 6. The van der Waals surface area contributed by atoms with E-state index in [9.17, 15) is 0 Å². The summed E-state index contributed by atoms with van der Waals surface area (Å²) in [5, 5.41) is 8.34. The van der Waals surface area contributed by atoms with Gasteiger partial charge in [0.15, 0.2) is 17.0 Å². The van der Waals surface area contributed by atoms with E-state index >= 15 is 0 Å². The highest BCUT2D eigenvalue weighted by atomic mass is 15.4. The zero-order chi connectivity index (χ0) is 13.6. The van der Waals surface area contributed by atoms with Crippen LogP contribution in [0.4, 0.5) is 5.82 Å². The first kappa shape index (κ1) is 11.8. The van der Waals surface area contributed by atoms with Crippen molar-refractivity contribution in [3.8, 4) is 0 Å². The van der Waals surface area contributed by atoms with Crippen molar-refractivity contribution in [2.24, 2.45) is 7.05 Å². The summed E-state index contributed by atoms with van der Waals surface area (Å²) >= 11 is 0. The van der Waals surface area contributed by atoms with Gasteiger partial charge in [-0.15, -0.1) is 5.10 Å². The third-order valence-corrected chi connectivity index (χ3v) is 4.60. The van der Waals surface area contributed by atoms with Crippen molar-refractivity contribution in [1.29, 1.82) is 0 Å². The van der Waals surface area contributed by atoms with Crippen LogP contribution in [0.1, 0.15) is 32.1 Å². The molecule has 0 aromatic carbocycles. The van der Waals surface area contributed by atoms with Gasteiger partial charge in [0.2, 0.25) is 0 Å². The second kappa shape index (κ2) is 4.26. The van der Waals surface area contributed by atoms with Crippen LogP contribution in [0.25, 0.3) is 11.2 Å². The molecule has 3 heterocycles. The minimum absolute atomic E-state index is 0.136. The minimum Gasteiger partial charge on any atom is -0.342 e. The van der Waals surface area contributed by atoms with Crippen molar-refractivity contribution in [1.82, 2.24) is 25.0 Å². The lowest BCUT2D eigenvalue weighted by Crippen LogP contribution is -2.46. The Balaban J connectivity index is 1.82. The van der Waals surface area contributed by atoms with E-state index in [1.54, 1.807) is 11.0 Å². The summed E-state index contributed by atoms with van der Waals surface area (Å²) in [5.74, 6) is 0.926. The molecule has 2 aromatic heterocycles. The summed E-state index contributed by atoms with van der Waals surface area (Å²) in [6, 6.07) is 0. The zero-order valence-electron chi connectivity index (χ0n) is 11.7. The Kier molecular flexibility index (Phi) is 2.52. The fraction of sp³-hybridized carbons (Fsp3) is 0.571. The predicted octanol–water partition coefficient (Wildman–Crippen LogP) is 1.84. The first-order chi connectivity index (χ1) is 9.80. The standard InChI is InChI=1S/C14H18N6/c1-19-12-11(17-18-19)13(16-10-15-12)20-9-5-8-14(20)6-3-2-4-7-14/h5,8,10H,2-4,6-7,9H2,1H3. The predicted molar refractivity (Wildman–Crippen MR) is 76.4 cm³/mol. The maximum Gasteiger partial charge on any atom is 0.183 e. The van der Waals surface area contributed by atoms with Crippen LogP contribution in [-0.4, -0.2) is 37.0 Å². The van der Waals surface area contributed by atoms with Gasteiger partial charge in [-0.05, 0) is 12.8 Å². The topological polar surface area (TPSA) is 59.7 Å². The van der Waals surface area contributed by atoms with Crippen LogP contribution in [0.15, 0.2) is 18.5 Å². The molecule has 0 saturated heterocycles. The monoisotopic (exact) mass is 270 g/mol. The highest BCUT2D eigenvalue weighted by molar-refractivity contribution is 5.83. The highest BCUT2D eigenvalue weighted by Crippen LogP contribution is 2.41. The summed E-state index contributed by atoms with van der Waals surface area (Å²) < 4.78 is 1.71. The van der Waals surface area contributed by atoms with E-state index in [1.807, 2.05) is 7.05 Å². The van der Waals surface area contributed by atoms with Crippen LogP contribution in [0.2, 0.25) is 0 Å². The van der Waals surface area contributed by atoms with Crippen LogP contribution >= 0.6 is 0 Å². The van der Waals surface area contributed by atoms with Gasteiger partial charge in [-0.2, -0.15) is 0 Å². The number of hydrogen-bond donors (Lipinski definition) is 0. The molecule has 0 unspecified atom stereocenters. The molecule has 0 N–H and O–H groups in total. The molecule has 0 amide bonds. The van der Waals surface area contributed by atoms with E-state index in [1.165, 1.54) is 32.1 Å². The van der Waals surface area contributed by atoms with E-state index in [0.717, 1.165) is 23.5 Å². The molecule has 20 heavy (non-hydrogen) atoms. The molecule has 1 saturated carbocycles. The Bertz CT molecular complexity index is 667. The van der Waals surface area contributed by atoms with Gasteiger partial charge in [0.05, 0.1) is 5.54 Å². The number of aryl methyl sites for hydroxylation is 1.